The summed E-state index contributed by atoms with van der Waals surface area (Å²) < 4.78 is 5.37. The molecule has 6 nitrogen and oxygen atoms in total. The molecular weight excluding hydrogens is 326 g/mol. The molecule has 2 heterocycles. The largest absolute Gasteiger partial charge is 0.494 e. The lowest BCUT2D eigenvalue weighted by atomic mass is 10.3. The van der Waals surface area contributed by atoms with E-state index in [9.17, 15) is 9.59 Å². The topological polar surface area (TPSA) is 71.5 Å². The number of aromatic nitrogens is 1. The normalized spacial score (nSPS) is 13.4. The number of benzene rings is 1. The first kappa shape index (κ1) is 16.3. The van der Waals surface area contributed by atoms with Crippen molar-refractivity contribution in [1.29, 1.82) is 0 Å². The fourth-order valence-corrected chi connectivity index (χ4v) is 3.24. The van der Waals surface area contributed by atoms with E-state index in [1.54, 1.807) is 42.6 Å². The maximum Gasteiger partial charge on any atom is 0.244 e. The summed E-state index contributed by atoms with van der Waals surface area (Å²) in [6, 6.07) is 10.7. The van der Waals surface area contributed by atoms with Gasteiger partial charge in [-0.3, -0.25) is 14.5 Å². The van der Waals surface area contributed by atoms with Crippen molar-refractivity contribution in [3.8, 4) is 5.75 Å². The highest BCUT2D eigenvalue weighted by molar-refractivity contribution is 8.00. The molecular formula is C17H17N3O3S. The maximum absolute atomic E-state index is 12.3. The highest BCUT2D eigenvalue weighted by atomic mass is 32.2. The Hall–Kier alpha value is -2.54. The molecule has 1 aromatic heterocycles. The van der Waals surface area contributed by atoms with Gasteiger partial charge in [0.25, 0.3) is 0 Å². The summed E-state index contributed by atoms with van der Waals surface area (Å²) in [6.07, 6.45) is 1.68. The number of rotatable bonds is 5. The second-order valence-corrected chi connectivity index (χ2v) is 6.07. The fourth-order valence-electron chi connectivity index (χ4n) is 2.36. The number of ether oxygens (including phenoxy) is 1. The number of thioether (sulfide) groups is 1. The predicted octanol–water partition coefficient (Wildman–Crippen LogP) is 2.56. The Morgan fingerprint density at radius 1 is 1.33 bits per heavy atom. The molecule has 24 heavy (non-hydrogen) atoms. The third-order valence-corrected chi connectivity index (χ3v) is 4.41. The molecule has 0 fully saturated rings. The van der Waals surface area contributed by atoms with Gasteiger partial charge in [-0.2, -0.15) is 0 Å². The molecule has 1 aliphatic heterocycles. The van der Waals surface area contributed by atoms with Gasteiger partial charge < -0.3 is 10.1 Å². The lowest BCUT2D eigenvalue weighted by Crippen LogP contribution is -2.41. The van der Waals surface area contributed by atoms with E-state index >= 15 is 0 Å². The number of amides is 2. The average molecular weight is 343 g/mol. The van der Waals surface area contributed by atoms with Gasteiger partial charge in [0.2, 0.25) is 11.8 Å². The second-order valence-electron chi connectivity index (χ2n) is 5.10. The molecule has 0 spiro atoms. The number of carbonyl (C=O) groups is 2. The zero-order valence-corrected chi connectivity index (χ0v) is 14.0. The van der Waals surface area contributed by atoms with Gasteiger partial charge in [0.15, 0.2) is 0 Å². The standard InChI is InChI=1S/C17H17N3O3S/c1-2-23-13-7-5-12(6-8-13)19-15(21)10-20-14-4-3-9-18-17(14)24-11-16(20)22/h3-9H,2,10-11H2,1H3,(H,19,21). The van der Waals surface area contributed by atoms with Crippen LogP contribution in [0.4, 0.5) is 11.4 Å². The van der Waals surface area contributed by atoms with Crippen LogP contribution in [-0.2, 0) is 9.59 Å². The van der Waals surface area contributed by atoms with E-state index in [0.29, 0.717) is 23.7 Å². The summed E-state index contributed by atoms with van der Waals surface area (Å²) in [7, 11) is 0. The lowest BCUT2D eigenvalue weighted by molar-refractivity contribution is -0.120. The molecule has 0 saturated carbocycles. The number of anilines is 2. The lowest BCUT2D eigenvalue weighted by Gasteiger charge is -2.27. The Balaban J connectivity index is 1.67. The third kappa shape index (κ3) is 3.68. The number of nitrogens with zero attached hydrogens (tertiary/aromatic N) is 2. The summed E-state index contributed by atoms with van der Waals surface area (Å²) in [5.41, 5.74) is 1.34. The van der Waals surface area contributed by atoms with E-state index in [0.717, 1.165) is 10.8 Å². The van der Waals surface area contributed by atoms with Crippen LogP contribution < -0.4 is 15.0 Å². The first-order valence-corrected chi connectivity index (χ1v) is 8.57. The van der Waals surface area contributed by atoms with E-state index in [2.05, 4.69) is 10.3 Å². The van der Waals surface area contributed by atoms with Crippen LogP contribution in [0.1, 0.15) is 6.92 Å². The Morgan fingerprint density at radius 2 is 2.12 bits per heavy atom. The van der Waals surface area contributed by atoms with E-state index in [4.69, 9.17) is 4.74 Å². The summed E-state index contributed by atoms with van der Waals surface area (Å²) in [5.74, 6) is 0.690. The molecule has 1 aromatic carbocycles. The van der Waals surface area contributed by atoms with Crippen LogP contribution in [0.25, 0.3) is 0 Å². The number of hydrogen-bond donors (Lipinski definition) is 1. The molecule has 0 bridgehead atoms. The van der Waals surface area contributed by atoms with Crippen LogP contribution in [0.3, 0.4) is 0 Å². The first-order valence-electron chi connectivity index (χ1n) is 7.58. The van der Waals surface area contributed by atoms with Crippen molar-refractivity contribution in [1.82, 2.24) is 4.98 Å². The van der Waals surface area contributed by atoms with Gasteiger partial charge >= 0.3 is 0 Å². The Labute approximate surface area is 144 Å². The van der Waals surface area contributed by atoms with Crippen molar-refractivity contribution >= 4 is 35.0 Å². The SMILES string of the molecule is CCOc1ccc(NC(=O)CN2C(=O)CSc3ncccc32)cc1. The van der Waals surface area contributed by atoms with Crippen molar-refractivity contribution in [3.05, 3.63) is 42.6 Å². The van der Waals surface area contributed by atoms with Gasteiger partial charge in [0.1, 0.15) is 17.3 Å². The molecule has 124 valence electrons. The fraction of sp³-hybridized carbons (Fsp3) is 0.235. The van der Waals surface area contributed by atoms with Crippen LogP contribution >= 0.6 is 11.8 Å². The zero-order chi connectivity index (χ0) is 16.9. The molecule has 3 rings (SSSR count). The maximum atomic E-state index is 12.3. The monoisotopic (exact) mass is 343 g/mol. The van der Waals surface area contributed by atoms with E-state index in [1.807, 2.05) is 6.92 Å². The van der Waals surface area contributed by atoms with Gasteiger partial charge in [0.05, 0.1) is 18.0 Å². The van der Waals surface area contributed by atoms with Crippen LogP contribution in [-0.4, -0.2) is 35.7 Å². The zero-order valence-electron chi connectivity index (χ0n) is 13.2. The summed E-state index contributed by atoms with van der Waals surface area (Å²) in [6.45, 7) is 2.47. The molecule has 0 radical (unpaired) electrons. The minimum Gasteiger partial charge on any atom is -0.494 e. The van der Waals surface area contributed by atoms with Crippen molar-refractivity contribution in [2.75, 3.05) is 29.1 Å². The van der Waals surface area contributed by atoms with E-state index < -0.39 is 0 Å². The molecule has 0 atom stereocenters. The van der Waals surface area contributed by atoms with Crippen molar-refractivity contribution in [2.24, 2.45) is 0 Å². The molecule has 2 aromatic rings. The molecule has 0 saturated heterocycles. The average Bonchev–Trinajstić information content (AvgIpc) is 2.59. The molecule has 7 heteroatoms. The highest BCUT2D eigenvalue weighted by Crippen LogP contribution is 2.32. The molecule has 1 N–H and O–H groups in total. The summed E-state index contributed by atoms with van der Waals surface area (Å²) >= 11 is 1.39. The number of hydrogen-bond acceptors (Lipinski definition) is 5. The van der Waals surface area contributed by atoms with Crippen molar-refractivity contribution in [2.45, 2.75) is 11.9 Å². The quantitative estimate of drug-likeness (QED) is 0.903. The molecule has 0 unspecified atom stereocenters. The second kappa shape index (κ2) is 7.35. The number of pyridine rings is 1. The Bertz CT molecular complexity index is 749. The van der Waals surface area contributed by atoms with Gasteiger partial charge in [-0.1, -0.05) is 11.8 Å². The molecule has 0 aliphatic carbocycles. The van der Waals surface area contributed by atoms with Crippen molar-refractivity contribution in [3.63, 3.8) is 0 Å². The highest BCUT2D eigenvalue weighted by Gasteiger charge is 2.27. The van der Waals surface area contributed by atoms with E-state index in [-0.39, 0.29) is 18.4 Å². The van der Waals surface area contributed by atoms with Gasteiger partial charge in [-0.05, 0) is 43.3 Å². The first-order chi connectivity index (χ1) is 11.7. The number of fused-ring (bicyclic) bond motifs is 1. The van der Waals surface area contributed by atoms with Crippen LogP contribution in [0, 0.1) is 0 Å². The molecule has 1 aliphatic rings. The van der Waals surface area contributed by atoms with Crippen LogP contribution in [0.5, 0.6) is 5.75 Å². The van der Waals surface area contributed by atoms with Gasteiger partial charge in [-0.25, -0.2) is 4.98 Å². The minimum atomic E-state index is -0.255. The van der Waals surface area contributed by atoms with Crippen LogP contribution in [0.15, 0.2) is 47.6 Å². The number of carbonyl (C=O) groups excluding carboxylic acids is 2. The van der Waals surface area contributed by atoms with Crippen LogP contribution in [0.2, 0.25) is 0 Å². The van der Waals surface area contributed by atoms with Gasteiger partial charge in [-0.15, -0.1) is 0 Å². The Morgan fingerprint density at radius 3 is 2.88 bits per heavy atom. The number of nitrogens with one attached hydrogen (secondary N) is 1. The third-order valence-electron chi connectivity index (χ3n) is 3.43. The Kier molecular flexibility index (Phi) is 5.00. The van der Waals surface area contributed by atoms with Crippen molar-refractivity contribution < 1.29 is 14.3 Å². The summed E-state index contributed by atoms with van der Waals surface area (Å²) in [4.78, 5) is 30.1. The smallest absolute Gasteiger partial charge is 0.244 e. The predicted molar refractivity (Wildman–Crippen MR) is 93.6 cm³/mol. The minimum absolute atomic E-state index is 0.0364. The van der Waals surface area contributed by atoms with Gasteiger partial charge in [0, 0.05) is 11.9 Å². The molecule has 2 amide bonds. The summed E-state index contributed by atoms with van der Waals surface area (Å²) in [5, 5.41) is 3.56. The van der Waals surface area contributed by atoms with E-state index in [1.165, 1.54) is 16.7 Å².